The number of para-hydroxylation sites is 1. The van der Waals surface area contributed by atoms with Crippen LogP contribution in [0.1, 0.15) is 28.9 Å². The number of hydrogen-bond donors (Lipinski definition) is 3. The minimum Gasteiger partial charge on any atom is -0.508 e. The molecule has 5 heteroatoms. The third kappa shape index (κ3) is 3.84. The average molecular weight is 393 g/mol. The van der Waals surface area contributed by atoms with Crippen LogP contribution in [0, 0.1) is 0 Å². The lowest BCUT2D eigenvalue weighted by atomic mass is 9.98. The molecule has 0 bridgehead atoms. The first-order valence-corrected chi connectivity index (χ1v) is 9.44. The van der Waals surface area contributed by atoms with E-state index in [9.17, 15) is 5.11 Å². The molecule has 3 aromatic carbocycles. The number of nitrogens with one attached hydrogen (secondary N) is 2. The third-order valence-corrected chi connectivity index (χ3v) is 5.11. The van der Waals surface area contributed by atoms with Gasteiger partial charge in [0.15, 0.2) is 0 Å². The summed E-state index contributed by atoms with van der Waals surface area (Å²) in [5.74, 6) is 1.08. The zero-order valence-corrected chi connectivity index (χ0v) is 16.1. The standard InChI is InChI=1S/C23H21ClN2O2/c1-28-18-12-8-16(9-13-18)23-25-20(15-6-10-17(24)11-7-15)14-21(26-23)19-4-2-3-5-22(19)27/h2-14,21,23,25-27H,1H3. The molecule has 2 atom stereocenters. The molecule has 1 heterocycles. The summed E-state index contributed by atoms with van der Waals surface area (Å²) in [6, 6.07) is 22.9. The van der Waals surface area contributed by atoms with Crippen LogP contribution >= 0.6 is 11.6 Å². The van der Waals surface area contributed by atoms with Crippen LogP contribution < -0.4 is 15.4 Å². The van der Waals surface area contributed by atoms with Gasteiger partial charge in [0.05, 0.1) is 13.2 Å². The number of phenolic OH excluding ortho intramolecular Hbond substituents is 1. The second-order valence-electron chi connectivity index (χ2n) is 6.64. The van der Waals surface area contributed by atoms with Crippen LogP contribution in [0.15, 0.2) is 78.9 Å². The Morgan fingerprint density at radius 3 is 2.32 bits per heavy atom. The van der Waals surface area contributed by atoms with Crippen LogP contribution in [0.2, 0.25) is 5.02 Å². The zero-order valence-electron chi connectivity index (χ0n) is 15.4. The zero-order chi connectivity index (χ0) is 19.5. The number of ether oxygens (including phenoxy) is 1. The Balaban J connectivity index is 1.73. The highest BCUT2D eigenvalue weighted by Gasteiger charge is 2.25. The summed E-state index contributed by atoms with van der Waals surface area (Å²) < 4.78 is 5.27. The van der Waals surface area contributed by atoms with E-state index in [2.05, 4.69) is 16.7 Å². The highest BCUT2D eigenvalue weighted by Crippen LogP contribution is 2.33. The first-order chi connectivity index (χ1) is 13.6. The number of benzene rings is 3. The Bertz CT molecular complexity index is 984. The van der Waals surface area contributed by atoms with Crippen molar-refractivity contribution in [3.05, 3.63) is 101 Å². The number of rotatable bonds is 4. The van der Waals surface area contributed by atoms with Gasteiger partial charge in [-0.05, 0) is 47.5 Å². The lowest BCUT2D eigenvalue weighted by Crippen LogP contribution is -2.39. The quantitative estimate of drug-likeness (QED) is 0.583. The van der Waals surface area contributed by atoms with Crippen molar-refractivity contribution >= 4 is 17.3 Å². The minimum absolute atomic E-state index is 0.133. The minimum atomic E-state index is -0.153. The molecule has 1 aliphatic heterocycles. The van der Waals surface area contributed by atoms with Gasteiger partial charge in [-0.25, -0.2) is 0 Å². The van der Waals surface area contributed by atoms with Gasteiger partial charge in [-0.1, -0.05) is 54.1 Å². The van der Waals surface area contributed by atoms with E-state index < -0.39 is 0 Å². The molecule has 0 saturated carbocycles. The monoisotopic (exact) mass is 392 g/mol. The van der Waals surface area contributed by atoms with E-state index in [0.717, 1.165) is 28.1 Å². The van der Waals surface area contributed by atoms with Crippen molar-refractivity contribution in [1.29, 1.82) is 0 Å². The van der Waals surface area contributed by atoms with Crippen LogP contribution in [0.3, 0.4) is 0 Å². The molecule has 0 aliphatic carbocycles. The van der Waals surface area contributed by atoms with Crippen molar-refractivity contribution in [3.63, 3.8) is 0 Å². The first kappa shape index (κ1) is 18.4. The van der Waals surface area contributed by atoms with Crippen molar-refractivity contribution in [3.8, 4) is 11.5 Å². The maximum Gasteiger partial charge on any atom is 0.120 e. The lowest BCUT2D eigenvalue weighted by Gasteiger charge is -2.33. The van der Waals surface area contributed by atoms with Gasteiger partial charge >= 0.3 is 0 Å². The van der Waals surface area contributed by atoms with Crippen LogP contribution in [0.4, 0.5) is 0 Å². The van der Waals surface area contributed by atoms with E-state index in [1.165, 1.54) is 0 Å². The molecule has 2 unspecified atom stereocenters. The van der Waals surface area contributed by atoms with Crippen LogP contribution in [-0.4, -0.2) is 12.2 Å². The normalized spacial score (nSPS) is 18.9. The molecule has 3 N–H and O–H groups in total. The molecule has 0 radical (unpaired) electrons. The van der Waals surface area contributed by atoms with E-state index >= 15 is 0 Å². The van der Waals surface area contributed by atoms with E-state index in [0.29, 0.717) is 5.02 Å². The fourth-order valence-electron chi connectivity index (χ4n) is 3.35. The van der Waals surface area contributed by atoms with Crippen molar-refractivity contribution in [2.24, 2.45) is 0 Å². The summed E-state index contributed by atoms with van der Waals surface area (Å²) in [7, 11) is 1.65. The van der Waals surface area contributed by atoms with Gasteiger partial charge in [-0.15, -0.1) is 0 Å². The average Bonchev–Trinajstić information content (AvgIpc) is 2.74. The Morgan fingerprint density at radius 2 is 1.64 bits per heavy atom. The fraction of sp³-hybridized carbons (Fsp3) is 0.130. The highest BCUT2D eigenvalue weighted by molar-refractivity contribution is 6.30. The second kappa shape index (κ2) is 7.97. The van der Waals surface area contributed by atoms with Gasteiger partial charge < -0.3 is 15.2 Å². The van der Waals surface area contributed by atoms with Crippen molar-refractivity contribution in [2.45, 2.75) is 12.2 Å². The summed E-state index contributed by atoms with van der Waals surface area (Å²) in [4.78, 5) is 0. The summed E-state index contributed by atoms with van der Waals surface area (Å²) >= 11 is 6.05. The maximum atomic E-state index is 10.4. The summed E-state index contributed by atoms with van der Waals surface area (Å²) in [6.07, 6.45) is 1.95. The molecular weight excluding hydrogens is 372 g/mol. The summed E-state index contributed by atoms with van der Waals surface area (Å²) in [5, 5.41) is 18.2. The number of methoxy groups -OCH3 is 1. The molecule has 3 aromatic rings. The maximum absolute atomic E-state index is 10.4. The molecule has 4 rings (SSSR count). The van der Waals surface area contributed by atoms with Gasteiger partial charge in [0.25, 0.3) is 0 Å². The Kier molecular flexibility index (Phi) is 5.24. The van der Waals surface area contributed by atoms with Gasteiger partial charge in [-0.2, -0.15) is 0 Å². The van der Waals surface area contributed by atoms with Crippen molar-refractivity contribution in [1.82, 2.24) is 10.6 Å². The molecule has 0 amide bonds. The highest BCUT2D eigenvalue weighted by atomic mass is 35.5. The fourth-order valence-corrected chi connectivity index (χ4v) is 3.48. The first-order valence-electron chi connectivity index (χ1n) is 9.06. The number of phenols is 1. The molecule has 0 aromatic heterocycles. The topological polar surface area (TPSA) is 53.5 Å². The Morgan fingerprint density at radius 1 is 0.929 bits per heavy atom. The van der Waals surface area contributed by atoms with Crippen molar-refractivity contribution < 1.29 is 9.84 Å². The van der Waals surface area contributed by atoms with E-state index in [1.807, 2.05) is 66.7 Å². The van der Waals surface area contributed by atoms with Gasteiger partial charge in [-0.3, -0.25) is 5.32 Å². The predicted octanol–water partition coefficient (Wildman–Crippen LogP) is 5.03. The number of hydrogen-bond acceptors (Lipinski definition) is 4. The molecule has 0 fully saturated rings. The second-order valence-corrected chi connectivity index (χ2v) is 7.08. The van der Waals surface area contributed by atoms with Crippen LogP contribution in [0.25, 0.3) is 5.70 Å². The molecule has 1 aliphatic rings. The largest absolute Gasteiger partial charge is 0.508 e. The van der Waals surface area contributed by atoms with E-state index in [1.54, 1.807) is 13.2 Å². The molecule has 142 valence electrons. The smallest absolute Gasteiger partial charge is 0.120 e. The number of halogens is 1. The third-order valence-electron chi connectivity index (χ3n) is 4.86. The van der Waals surface area contributed by atoms with Gasteiger partial charge in [0.1, 0.15) is 17.7 Å². The Hall–Kier alpha value is -2.95. The van der Waals surface area contributed by atoms with Crippen LogP contribution in [-0.2, 0) is 0 Å². The molecular formula is C23H21ClN2O2. The predicted molar refractivity (Wildman–Crippen MR) is 112 cm³/mol. The molecule has 4 nitrogen and oxygen atoms in total. The van der Waals surface area contributed by atoms with Crippen LogP contribution in [0.5, 0.6) is 11.5 Å². The van der Waals surface area contributed by atoms with Gasteiger partial charge in [0, 0.05) is 16.3 Å². The van der Waals surface area contributed by atoms with Gasteiger partial charge in [0.2, 0.25) is 0 Å². The molecule has 0 saturated heterocycles. The Labute approximate surface area is 169 Å². The summed E-state index contributed by atoms with van der Waals surface area (Å²) in [6.45, 7) is 0. The summed E-state index contributed by atoms with van der Waals surface area (Å²) in [5.41, 5.74) is 3.91. The number of aromatic hydroxyl groups is 1. The van der Waals surface area contributed by atoms with E-state index in [4.69, 9.17) is 16.3 Å². The molecule has 28 heavy (non-hydrogen) atoms. The lowest BCUT2D eigenvalue weighted by molar-refractivity contribution is 0.410. The SMILES string of the molecule is COc1ccc(C2NC(c3ccc(Cl)cc3)=CC(c3ccccc3O)N2)cc1. The van der Waals surface area contributed by atoms with Crippen molar-refractivity contribution in [2.75, 3.05) is 7.11 Å². The van der Waals surface area contributed by atoms with E-state index in [-0.39, 0.29) is 18.0 Å². The molecule has 0 spiro atoms.